The summed E-state index contributed by atoms with van der Waals surface area (Å²) in [7, 11) is -2.40. The van der Waals surface area contributed by atoms with Gasteiger partial charge in [-0.05, 0) is 58.0 Å². The van der Waals surface area contributed by atoms with E-state index >= 15 is 0 Å². The van der Waals surface area contributed by atoms with Crippen molar-refractivity contribution in [1.29, 1.82) is 0 Å². The lowest BCUT2D eigenvalue weighted by Gasteiger charge is -2.29. The third-order valence-corrected chi connectivity index (χ3v) is 9.07. The molecule has 0 aliphatic heterocycles. The van der Waals surface area contributed by atoms with Crippen LogP contribution in [0.25, 0.3) is 10.9 Å². The molecule has 0 saturated heterocycles. The number of methoxy groups -OCH3 is 1. The van der Waals surface area contributed by atoms with Gasteiger partial charge in [-0.15, -0.1) is 4.72 Å². The average Bonchev–Trinajstić information content (AvgIpc) is 3.22. The minimum Gasteiger partial charge on any atom is -0.598 e. The van der Waals surface area contributed by atoms with Gasteiger partial charge < -0.3 is 9.29 Å². The van der Waals surface area contributed by atoms with Crippen LogP contribution in [0.3, 0.4) is 0 Å². The van der Waals surface area contributed by atoms with Gasteiger partial charge in [0.15, 0.2) is 0 Å². The van der Waals surface area contributed by atoms with Crippen molar-refractivity contribution >= 4 is 32.3 Å². The number of nitrogens with one attached hydrogen (secondary N) is 1. The first-order valence-electron chi connectivity index (χ1n) is 11.3. The zero-order valence-corrected chi connectivity index (χ0v) is 22.1. The smallest absolute Gasteiger partial charge is 0.268 e. The van der Waals surface area contributed by atoms with Gasteiger partial charge in [0.1, 0.15) is 16.5 Å². The normalized spacial score (nSPS) is 14.1. The molecule has 1 N–H and O–H groups in total. The van der Waals surface area contributed by atoms with Crippen LogP contribution in [0.2, 0.25) is 0 Å². The van der Waals surface area contributed by atoms with Crippen molar-refractivity contribution in [3.05, 3.63) is 95.7 Å². The van der Waals surface area contributed by atoms with Crippen LogP contribution >= 0.6 is 0 Å². The molecule has 0 spiro atoms. The van der Waals surface area contributed by atoms with E-state index in [1.54, 1.807) is 43.5 Å². The highest BCUT2D eigenvalue weighted by atomic mass is 32.2. The van der Waals surface area contributed by atoms with Gasteiger partial charge in [0.2, 0.25) is 0 Å². The summed E-state index contributed by atoms with van der Waals surface area (Å²) in [4.78, 5) is 0.175. The predicted octanol–water partition coefficient (Wildman–Crippen LogP) is 5.34. The second-order valence-electron chi connectivity index (χ2n) is 9.39. The van der Waals surface area contributed by atoms with Crippen LogP contribution < -0.4 is 9.46 Å². The zero-order chi connectivity index (χ0) is 25.4. The van der Waals surface area contributed by atoms with Gasteiger partial charge in [-0.25, -0.2) is 12.4 Å². The Labute approximate surface area is 210 Å². The molecule has 8 heteroatoms. The number of benzene rings is 3. The monoisotopic (exact) mass is 510 g/mol. The topological polar surface area (TPSA) is 83.4 Å². The minimum atomic E-state index is -3.97. The highest BCUT2D eigenvalue weighted by molar-refractivity contribution is 7.91. The molecule has 4 rings (SSSR count). The number of hydrogen-bond acceptors (Lipinski definition) is 5. The summed E-state index contributed by atoms with van der Waals surface area (Å²) in [6.45, 7) is 7.57. The molecule has 0 radical (unpaired) electrons. The average molecular weight is 511 g/mol. The molecule has 6 nitrogen and oxygen atoms in total. The summed E-state index contributed by atoms with van der Waals surface area (Å²) in [5.41, 5.74) is 2.68. The lowest BCUT2D eigenvalue weighted by Crippen LogP contribution is -2.42. The van der Waals surface area contributed by atoms with Crippen LogP contribution in [0.5, 0.6) is 5.75 Å². The first-order chi connectivity index (χ1) is 16.5. The Morgan fingerprint density at radius 2 is 1.63 bits per heavy atom. The van der Waals surface area contributed by atoms with E-state index in [1.807, 2.05) is 70.2 Å². The van der Waals surface area contributed by atoms with Crippen LogP contribution in [-0.4, -0.2) is 28.8 Å². The Hall–Kier alpha value is -2.78. The molecular weight excluding hydrogens is 480 g/mol. The fraction of sp³-hybridized carbons (Fsp3) is 0.259. The molecule has 0 fully saturated rings. The summed E-state index contributed by atoms with van der Waals surface area (Å²) in [5, 5.41) is 0.766. The Balaban J connectivity index is 2.04. The van der Waals surface area contributed by atoms with E-state index in [9.17, 15) is 13.0 Å². The molecule has 2 unspecified atom stereocenters. The van der Waals surface area contributed by atoms with E-state index in [2.05, 4.69) is 4.72 Å². The minimum absolute atomic E-state index is 0.175. The lowest BCUT2D eigenvalue weighted by molar-refractivity contribution is 0.405. The van der Waals surface area contributed by atoms with Crippen molar-refractivity contribution in [1.82, 2.24) is 8.69 Å². The quantitative estimate of drug-likeness (QED) is 0.340. The Kier molecular flexibility index (Phi) is 7.02. The van der Waals surface area contributed by atoms with Crippen LogP contribution in [0.1, 0.15) is 43.6 Å². The number of fused-ring (bicyclic) bond motifs is 1. The third kappa shape index (κ3) is 4.97. The van der Waals surface area contributed by atoms with Gasteiger partial charge in [0.25, 0.3) is 10.0 Å². The Bertz CT molecular complexity index is 1440. The van der Waals surface area contributed by atoms with Crippen molar-refractivity contribution in [3.8, 4) is 5.75 Å². The van der Waals surface area contributed by atoms with Gasteiger partial charge in [-0.2, -0.15) is 0 Å². The molecule has 0 aliphatic carbocycles. The van der Waals surface area contributed by atoms with Crippen molar-refractivity contribution in [3.63, 3.8) is 0 Å². The fourth-order valence-corrected chi connectivity index (χ4v) is 6.35. The molecule has 0 bridgehead atoms. The van der Waals surface area contributed by atoms with Crippen molar-refractivity contribution in [2.45, 2.75) is 43.4 Å². The summed E-state index contributed by atoms with van der Waals surface area (Å²) < 4.78 is 51.0. The number of ether oxygens (including phenoxy) is 1. The molecule has 0 aliphatic rings. The van der Waals surface area contributed by atoms with E-state index in [1.165, 1.54) is 3.97 Å². The van der Waals surface area contributed by atoms with Crippen LogP contribution in [-0.2, 0) is 21.4 Å². The number of para-hydroxylation sites is 1. The molecule has 2 atom stereocenters. The molecule has 184 valence electrons. The molecule has 4 aromatic rings. The highest BCUT2D eigenvalue weighted by Crippen LogP contribution is 2.37. The molecular formula is C27H30N2O4S2. The molecule has 0 saturated carbocycles. The summed E-state index contributed by atoms with van der Waals surface area (Å²) in [6.07, 6.45) is 0. The number of aromatic nitrogens is 1. The standard InChI is InChI=1S/C27H30N2O4S2/c1-19-15-16-25(33-5)22(17-19)26(28-34(30)27(2,3)4)24-18-20-11-9-10-14-23(20)29(24)35(31,32)21-12-7-6-8-13-21/h6-18,26,28H,1-5H3. The largest absolute Gasteiger partial charge is 0.598 e. The highest BCUT2D eigenvalue weighted by Gasteiger charge is 2.36. The van der Waals surface area contributed by atoms with Crippen LogP contribution in [0.15, 0.2) is 83.8 Å². The first-order valence-corrected chi connectivity index (χ1v) is 13.9. The maximum absolute atomic E-state index is 14.0. The van der Waals surface area contributed by atoms with Gasteiger partial charge in [-0.3, -0.25) is 0 Å². The molecule has 35 heavy (non-hydrogen) atoms. The zero-order valence-electron chi connectivity index (χ0n) is 20.5. The van der Waals surface area contributed by atoms with E-state index in [0.717, 1.165) is 10.9 Å². The van der Waals surface area contributed by atoms with Gasteiger partial charge >= 0.3 is 0 Å². The second kappa shape index (κ2) is 9.70. The SMILES string of the molecule is COc1ccc(C)cc1C(N[S+]([O-])C(C)(C)C)c1cc2ccccc2n1S(=O)(=O)c1ccccc1. The van der Waals surface area contributed by atoms with Crippen LogP contribution in [0, 0.1) is 6.92 Å². The van der Waals surface area contributed by atoms with Crippen molar-refractivity contribution < 1.29 is 17.7 Å². The van der Waals surface area contributed by atoms with E-state index in [-0.39, 0.29) is 4.90 Å². The summed E-state index contributed by atoms with van der Waals surface area (Å²) in [5.74, 6) is 0.577. The maximum Gasteiger partial charge on any atom is 0.268 e. The van der Waals surface area contributed by atoms with E-state index in [4.69, 9.17) is 4.74 Å². The third-order valence-electron chi connectivity index (χ3n) is 5.75. The van der Waals surface area contributed by atoms with Gasteiger partial charge in [-0.1, -0.05) is 54.1 Å². The van der Waals surface area contributed by atoms with Gasteiger partial charge in [0.05, 0.1) is 23.2 Å². The first kappa shape index (κ1) is 25.3. The van der Waals surface area contributed by atoms with Gasteiger partial charge in [0, 0.05) is 22.3 Å². The summed E-state index contributed by atoms with van der Waals surface area (Å²) in [6, 6.07) is 22.5. The fourth-order valence-electron chi connectivity index (χ4n) is 3.96. The van der Waals surface area contributed by atoms with Crippen molar-refractivity contribution in [2.24, 2.45) is 0 Å². The summed E-state index contributed by atoms with van der Waals surface area (Å²) >= 11 is -1.50. The second-order valence-corrected chi connectivity index (χ2v) is 13.2. The number of hydrogen-bond donors (Lipinski definition) is 1. The molecule has 1 heterocycles. The van der Waals surface area contributed by atoms with Crippen LogP contribution in [0.4, 0.5) is 0 Å². The molecule has 3 aromatic carbocycles. The van der Waals surface area contributed by atoms with E-state index in [0.29, 0.717) is 22.5 Å². The molecule has 0 amide bonds. The predicted molar refractivity (Wildman–Crippen MR) is 142 cm³/mol. The number of rotatable bonds is 7. The van der Waals surface area contributed by atoms with E-state index < -0.39 is 32.2 Å². The Morgan fingerprint density at radius 1 is 0.971 bits per heavy atom. The number of aryl methyl sites for hydroxylation is 1. The number of nitrogens with zero attached hydrogens (tertiary/aromatic N) is 1. The lowest BCUT2D eigenvalue weighted by atomic mass is 10.0. The van der Waals surface area contributed by atoms with Crippen molar-refractivity contribution in [2.75, 3.05) is 7.11 Å². The Morgan fingerprint density at radius 3 is 2.29 bits per heavy atom. The maximum atomic E-state index is 14.0. The molecule has 1 aromatic heterocycles.